The Morgan fingerprint density at radius 2 is 0.583 bits per heavy atom. The molecule has 4 aromatic heterocycles. The van der Waals surface area contributed by atoms with Crippen LogP contribution in [0.5, 0.6) is 0 Å². The maximum absolute atomic E-state index is 5.36. The first-order valence-corrected chi connectivity index (χ1v) is 24.2. The summed E-state index contributed by atoms with van der Waals surface area (Å²) in [5.74, 6) is 1.90. The SMILES string of the molecule is c1ccc(-c2nc(-c3ccccc3)nc(-c3ccc(-n4c5ccccc5c5ccc(-c6ccc7c8ccccc8n(-c8ccc9nc(-c%10ccccc%10)c(-c%10ccccc%10)nc9c8)c7c6)cc54)cc3)n2)cc1. The zero-order valence-corrected chi connectivity index (χ0v) is 38.8. The van der Waals surface area contributed by atoms with Crippen molar-refractivity contribution in [2.24, 2.45) is 0 Å². The Bertz CT molecular complexity index is 4300. The predicted octanol–water partition coefficient (Wildman–Crippen LogP) is 16.0. The van der Waals surface area contributed by atoms with Crippen LogP contribution in [0.1, 0.15) is 0 Å². The highest BCUT2D eigenvalue weighted by atomic mass is 15.0. The molecule has 0 bridgehead atoms. The molecule has 336 valence electrons. The van der Waals surface area contributed by atoms with Crippen molar-refractivity contribution >= 4 is 54.6 Å². The Hall–Kier alpha value is -9.85. The number of hydrogen-bond acceptors (Lipinski definition) is 5. The third-order valence-electron chi connectivity index (χ3n) is 13.8. The van der Waals surface area contributed by atoms with Gasteiger partial charge in [-0.2, -0.15) is 0 Å². The molecule has 0 unspecified atom stereocenters. The van der Waals surface area contributed by atoms with Crippen LogP contribution < -0.4 is 0 Å². The van der Waals surface area contributed by atoms with E-state index in [0.29, 0.717) is 17.5 Å². The van der Waals surface area contributed by atoms with Gasteiger partial charge in [-0.15, -0.1) is 0 Å². The van der Waals surface area contributed by atoms with E-state index < -0.39 is 0 Å². The lowest BCUT2D eigenvalue weighted by atomic mass is 10.0. The molecule has 7 heteroatoms. The van der Waals surface area contributed by atoms with E-state index in [1.165, 1.54) is 21.5 Å². The zero-order chi connectivity index (χ0) is 47.5. The van der Waals surface area contributed by atoms with Gasteiger partial charge in [-0.1, -0.05) is 182 Å². The third kappa shape index (κ3) is 7.02. The van der Waals surface area contributed by atoms with Gasteiger partial charge in [-0.3, -0.25) is 0 Å². The van der Waals surface area contributed by atoms with Crippen LogP contribution in [0.4, 0.5) is 0 Å². The Morgan fingerprint density at radius 3 is 1.07 bits per heavy atom. The van der Waals surface area contributed by atoms with Gasteiger partial charge in [0, 0.05) is 60.7 Å². The molecular weight excluding hydrogens is 879 g/mol. The quantitative estimate of drug-likeness (QED) is 0.152. The second kappa shape index (κ2) is 17.0. The second-order valence-electron chi connectivity index (χ2n) is 18.1. The normalized spacial score (nSPS) is 11.6. The molecule has 14 aromatic rings. The highest BCUT2D eigenvalue weighted by molar-refractivity contribution is 6.12. The van der Waals surface area contributed by atoms with Gasteiger partial charge in [0.05, 0.1) is 44.5 Å². The minimum atomic E-state index is 0.623. The first kappa shape index (κ1) is 41.2. The molecule has 72 heavy (non-hydrogen) atoms. The lowest BCUT2D eigenvalue weighted by molar-refractivity contribution is 1.07. The fourth-order valence-electron chi connectivity index (χ4n) is 10.3. The average Bonchev–Trinajstić information content (AvgIpc) is 3.97. The molecular formula is C65H41N7. The van der Waals surface area contributed by atoms with Crippen molar-refractivity contribution in [3.05, 3.63) is 249 Å². The van der Waals surface area contributed by atoms with Crippen LogP contribution in [0, 0.1) is 0 Å². The summed E-state index contributed by atoms with van der Waals surface area (Å²) in [5.41, 5.74) is 17.1. The van der Waals surface area contributed by atoms with Gasteiger partial charge >= 0.3 is 0 Å². The first-order valence-electron chi connectivity index (χ1n) is 24.2. The van der Waals surface area contributed by atoms with Gasteiger partial charge < -0.3 is 9.13 Å². The van der Waals surface area contributed by atoms with Crippen molar-refractivity contribution in [1.29, 1.82) is 0 Å². The number of nitrogens with zero attached hydrogens (tertiary/aromatic N) is 7. The molecule has 0 aliphatic rings. The minimum absolute atomic E-state index is 0.623. The van der Waals surface area contributed by atoms with Crippen molar-refractivity contribution in [1.82, 2.24) is 34.1 Å². The summed E-state index contributed by atoms with van der Waals surface area (Å²) in [5, 5.41) is 4.76. The molecule has 0 spiro atoms. The molecule has 0 N–H and O–H groups in total. The van der Waals surface area contributed by atoms with Crippen molar-refractivity contribution in [3.63, 3.8) is 0 Å². The molecule has 0 fully saturated rings. The maximum Gasteiger partial charge on any atom is 0.164 e. The Labute approximate surface area is 414 Å². The van der Waals surface area contributed by atoms with Gasteiger partial charge in [-0.25, -0.2) is 24.9 Å². The lowest BCUT2D eigenvalue weighted by Gasteiger charge is -2.13. The summed E-state index contributed by atoms with van der Waals surface area (Å²) in [6.45, 7) is 0. The van der Waals surface area contributed by atoms with Crippen LogP contribution in [-0.2, 0) is 0 Å². The Balaban J connectivity index is 0.886. The van der Waals surface area contributed by atoms with E-state index in [-0.39, 0.29) is 0 Å². The molecule has 0 aliphatic heterocycles. The number of benzene rings is 10. The van der Waals surface area contributed by atoms with Crippen LogP contribution in [-0.4, -0.2) is 34.1 Å². The number of rotatable bonds is 8. The zero-order valence-electron chi connectivity index (χ0n) is 38.8. The van der Waals surface area contributed by atoms with Gasteiger partial charge in [0.25, 0.3) is 0 Å². The van der Waals surface area contributed by atoms with E-state index in [0.717, 1.165) is 94.8 Å². The summed E-state index contributed by atoms with van der Waals surface area (Å²) in [7, 11) is 0. The van der Waals surface area contributed by atoms with Gasteiger partial charge in [0.15, 0.2) is 17.5 Å². The van der Waals surface area contributed by atoms with Crippen molar-refractivity contribution in [3.8, 4) is 79.2 Å². The van der Waals surface area contributed by atoms with E-state index in [1.807, 2.05) is 72.8 Å². The van der Waals surface area contributed by atoms with E-state index >= 15 is 0 Å². The van der Waals surface area contributed by atoms with E-state index in [1.54, 1.807) is 0 Å². The highest BCUT2D eigenvalue weighted by Crippen LogP contribution is 2.40. The van der Waals surface area contributed by atoms with Crippen LogP contribution in [0.2, 0.25) is 0 Å². The number of fused-ring (bicyclic) bond motifs is 7. The summed E-state index contributed by atoms with van der Waals surface area (Å²) in [6.07, 6.45) is 0. The summed E-state index contributed by atoms with van der Waals surface area (Å²) in [4.78, 5) is 25.5. The molecule has 0 radical (unpaired) electrons. The van der Waals surface area contributed by atoms with Crippen LogP contribution in [0.25, 0.3) is 134 Å². The van der Waals surface area contributed by atoms with Crippen molar-refractivity contribution in [2.75, 3.05) is 0 Å². The molecule has 10 aromatic carbocycles. The van der Waals surface area contributed by atoms with Crippen molar-refractivity contribution < 1.29 is 0 Å². The summed E-state index contributed by atoms with van der Waals surface area (Å²) < 4.78 is 4.74. The van der Waals surface area contributed by atoms with Crippen LogP contribution in [0.15, 0.2) is 249 Å². The van der Waals surface area contributed by atoms with Crippen LogP contribution >= 0.6 is 0 Å². The molecule has 7 nitrogen and oxygen atoms in total. The van der Waals surface area contributed by atoms with Gasteiger partial charge in [0.2, 0.25) is 0 Å². The molecule has 0 aliphatic carbocycles. The monoisotopic (exact) mass is 919 g/mol. The molecule has 4 heterocycles. The standard InChI is InChI=1S/C65H41N7/c1-5-17-42(18-6-1)61-62(43-19-7-2-8-20-43)67-56-41-50(35-38-55(56)66-61)72-58-28-16-14-26-52(58)54-37-32-48(40-60(54)72)47-31-36-53-51-25-13-15-27-57(51)71(59(53)39-47)49-33-29-46(30-34-49)65-69-63(44-21-9-3-10-22-44)68-64(70-65)45-23-11-4-12-24-45/h1-41H. The van der Waals surface area contributed by atoms with Crippen LogP contribution in [0.3, 0.4) is 0 Å². The molecule has 0 atom stereocenters. The topological polar surface area (TPSA) is 74.3 Å². The summed E-state index contributed by atoms with van der Waals surface area (Å²) in [6, 6.07) is 87.0. The predicted molar refractivity (Wildman–Crippen MR) is 294 cm³/mol. The average molecular weight is 920 g/mol. The van der Waals surface area contributed by atoms with E-state index in [2.05, 4.69) is 185 Å². The van der Waals surface area contributed by atoms with E-state index in [4.69, 9.17) is 24.9 Å². The molecule has 0 saturated carbocycles. The molecule has 0 saturated heterocycles. The largest absolute Gasteiger partial charge is 0.309 e. The van der Waals surface area contributed by atoms with Gasteiger partial charge in [-0.05, 0) is 77.9 Å². The molecule has 14 rings (SSSR count). The van der Waals surface area contributed by atoms with E-state index in [9.17, 15) is 0 Å². The number of para-hydroxylation sites is 2. The third-order valence-corrected chi connectivity index (χ3v) is 13.8. The lowest BCUT2D eigenvalue weighted by Crippen LogP contribution is -2.00. The Kier molecular flexibility index (Phi) is 9.70. The second-order valence-corrected chi connectivity index (χ2v) is 18.1. The van der Waals surface area contributed by atoms with Gasteiger partial charge in [0.1, 0.15) is 0 Å². The first-order chi connectivity index (χ1) is 35.7. The fourth-order valence-corrected chi connectivity index (χ4v) is 10.3. The highest BCUT2D eigenvalue weighted by Gasteiger charge is 2.19. The van der Waals surface area contributed by atoms with Crippen molar-refractivity contribution in [2.45, 2.75) is 0 Å². The number of hydrogen-bond donors (Lipinski definition) is 0. The fraction of sp³-hybridized carbons (Fsp3) is 0. The maximum atomic E-state index is 5.36. The summed E-state index contributed by atoms with van der Waals surface area (Å²) >= 11 is 0. The minimum Gasteiger partial charge on any atom is -0.309 e. The Morgan fingerprint density at radius 1 is 0.222 bits per heavy atom. The molecule has 0 amide bonds. The number of aromatic nitrogens is 7. The smallest absolute Gasteiger partial charge is 0.164 e.